The van der Waals surface area contributed by atoms with Gasteiger partial charge in [-0.15, -0.1) is 11.3 Å². The molecule has 238 valence electrons. The number of rotatable bonds is 4. The molecular weight excluding hydrogens is 643 g/mol. The molecule has 11 aromatic rings. The van der Waals surface area contributed by atoms with Crippen LogP contribution in [0.3, 0.4) is 0 Å². The van der Waals surface area contributed by atoms with Gasteiger partial charge in [0.15, 0.2) is 0 Å². The van der Waals surface area contributed by atoms with Gasteiger partial charge in [0.25, 0.3) is 0 Å². The van der Waals surface area contributed by atoms with Gasteiger partial charge in [-0.2, -0.15) is 0 Å². The number of hydrogen-bond donors (Lipinski definition) is 0. The molecule has 5 aromatic carbocycles. The van der Waals surface area contributed by atoms with Gasteiger partial charge < -0.3 is 9.13 Å². The lowest BCUT2D eigenvalue weighted by Crippen LogP contribution is -1.94. The lowest BCUT2D eigenvalue weighted by Gasteiger charge is -2.10. The highest BCUT2D eigenvalue weighted by Crippen LogP contribution is 2.47. The van der Waals surface area contributed by atoms with Crippen molar-refractivity contribution in [3.05, 3.63) is 164 Å². The number of benzene rings is 5. The number of fused-ring (bicyclic) bond motifs is 11. The summed E-state index contributed by atoms with van der Waals surface area (Å²) in [5.41, 5.74) is 11.9. The summed E-state index contributed by atoms with van der Waals surface area (Å²) in [6, 6.07) is 51.6. The van der Waals surface area contributed by atoms with Crippen LogP contribution in [0.2, 0.25) is 0 Å². The molecule has 0 spiro atoms. The first-order valence-corrected chi connectivity index (χ1v) is 17.8. The highest BCUT2D eigenvalue weighted by atomic mass is 32.1. The second kappa shape index (κ2) is 10.9. The Bertz CT molecular complexity index is 2920. The highest BCUT2D eigenvalue weighted by Gasteiger charge is 2.22. The largest absolute Gasteiger partial charge is 0.309 e. The maximum Gasteiger partial charge on any atom is 0.0977 e. The van der Waals surface area contributed by atoms with Gasteiger partial charge >= 0.3 is 0 Å². The van der Waals surface area contributed by atoms with Crippen molar-refractivity contribution in [2.24, 2.45) is 0 Å². The molecule has 5 nitrogen and oxygen atoms in total. The van der Waals surface area contributed by atoms with Crippen LogP contribution in [0.5, 0.6) is 0 Å². The van der Waals surface area contributed by atoms with E-state index in [0.717, 1.165) is 50.4 Å². The third-order valence-electron chi connectivity index (χ3n) is 10.1. The fourth-order valence-corrected chi connectivity index (χ4v) is 9.29. The number of thiophene rings is 1. The van der Waals surface area contributed by atoms with Crippen LogP contribution in [0, 0.1) is 0 Å². The van der Waals surface area contributed by atoms with Crippen molar-refractivity contribution in [3.63, 3.8) is 0 Å². The second-order valence-corrected chi connectivity index (χ2v) is 13.9. The molecule has 6 aromatic heterocycles. The Kier molecular flexibility index (Phi) is 6.05. The first-order valence-electron chi connectivity index (χ1n) is 17.0. The van der Waals surface area contributed by atoms with Gasteiger partial charge in [-0.05, 0) is 78.9 Å². The van der Waals surface area contributed by atoms with Gasteiger partial charge in [0.1, 0.15) is 0 Å². The van der Waals surface area contributed by atoms with E-state index in [1.165, 1.54) is 47.4 Å². The van der Waals surface area contributed by atoms with Crippen molar-refractivity contribution in [1.29, 1.82) is 0 Å². The van der Waals surface area contributed by atoms with E-state index in [1.54, 1.807) is 0 Å². The maximum absolute atomic E-state index is 5.01. The third-order valence-corrected chi connectivity index (χ3v) is 11.3. The summed E-state index contributed by atoms with van der Waals surface area (Å²) < 4.78 is 7.30. The zero-order valence-corrected chi connectivity index (χ0v) is 28.0. The van der Waals surface area contributed by atoms with E-state index < -0.39 is 0 Å². The molecule has 0 fully saturated rings. The van der Waals surface area contributed by atoms with Crippen LogP contribution in [0.1, 0.15) is 0 Å². The average Bonchev–Trinajstić information content (AvgIpc) is 3.86. The lowest BCUT2D eigenvalue weighted by atomic mass is 10.1. The van der Waals surface area contributed by atoms with Crippen LogP contribution in [-0.4, -0.2) is 24.1 Å². The minimum Gasteiger partial charge on any atom is -0.309 e. The number of para-hydroxylation sites is 1. The van der Waals surface area contributed by atoms with E-state index in [9.17, 15) is 0 Å². The molecular formula is C45H27N5S. The van der Waals surface area contributed by atoms with Crippen LogP contribution in [0.4, 0.5) is 0 Å². The van der Waals surface area contributed by atoms with Crippen LogP contribution in [0.25, 0.3) is 97.8 Å². The van der Waals surface area contributed by atoms with Crippen molar-refractivity contribution in [1.82, 2.24) is 24.1 Å². The van der Waals surface area contributed by atoms with E-state index in [-0.39, 0.29) is 0 Å². The zero-order valence-electron chi connectivity index (χ0n) is 27.2. The minimum absolute atomic E-state index is 0.955. The monoisotopic (exact) mass is 669 g/mol. The van der Waals surface area contributed by atoms with Gasteiger partial charge in [-0.1, -0.05) is 66.7 Å². The van der Waals surface area contributed by atoms with Crippen molar-refractivity contribution in [2.75, 3.05) is 0 Å². The third kappa shape index (κ3) is 4.17. The quantitative estimate of drug-likeness (QED) is 0.187. The molecule has 0 unspecified atom stereocenters. The predicted molar refractivity (Wildman–Crippen MR) is 212 cm³/mol. The van der Waals surface area contributed by atoms with Crippen molar-refractivity contribution in [2.45, 2.75) is 0 Å². The summed E-state index contributed by atoms with van der Waals surface area (Å²) in [5, 5.41) is 6.23. The zero-order chi connectivity index (χ0) is 33.5. The van der Waals surface area contributed by atoms with Crippen LogP contribution in [-0.2, 0) is 0 Å². The van der Waals surface area contributed by atoms with Crippen LogP contribution in [0.15, 0.2) is 164 Å². The fraction of sp³-hybridized carbons (Fsp3) is 0. The topological polar surface area (TPSA) is 48.5 Å². The number of hydrogen-bond acceptors (Lipinski definition) is 4. The van der Waals surface area contributed by atoms with Crippen LogP contribution >= 0.6 is 11.3 Å². The summed E-state index contributed by atoms with van der Waals surface area (Å²) >= 11 is 1.88. The molecule has 0 aliphatic heterocycles. The molecule has 11 rings (SSSR count). The summed E-state index contributed by atoms with van der Waals surface area (Å²) in [4.78, 5) is 14.3. The predicted octanol–water partition coefficient (Wildman–Crippen LogP) is 11.8. The first kappa shape index (κ1) is 28.2. The molecule has 0 aliphatic carbocycles. The van der Waals surface area contributed by atoms with E-state index >= 15 is 0 Å². The number of aromatic nitrogens is 5. The molecule has 51 heavy (non-hydrogen) atoms. The molecule has 0 radical (unpaired) electrons. The van der Waals surface area contributed by atoms with Gasteiger partial charge in [-0.3, -0.25) is 15.0 Å². The minimum atomic E-state index is 0.955. The molecule has 0 bridgehead atoms. The molecule has 6 heteroatoms. The van der Waals surface area contributed by atoms with E-state index in [2.05, 4.69) is 134 Å². The summed E-state index contributed by atoms with van der Waals surface area (Å²) in [7, 11) is 0. The number of nitrogens with zero attached hydrogens (tertiary/aromatic N) is 5. The molecule has 6 heterocycles. The Hall–Kier alpha value is -6.63. The maximum atomic E-state index is 5.01. The van der Waals surface area contributed by atoms with Crippen molar-refractivity contribution < 1.29 is 0 Å². The summed E-state index contributed by atoms with van der Waals surface area (Å²) in [6.07, 6.45) is 5.61. The highest BCUT2D eigenvalue weighted by molar-refractivity contribution is 7.27. The summed E-state index contributed by atoms with van der Waals surface area (Å²) in [6.45, 7) is 0. The van der Waals surface area contributed by atoms with E-state index in [0.29, 0.717) is 0 Å². The Morgan fingerprint density at radius 2 is 0.961 bits per heavy atom. The van der Waals surface area contributed by atoms with Gasteiger partial charge in [0.05, 0.1) is 39.0 Å². The molecule has 0 saturated carbocycles. The summed E-state index contributed by atoms with van der Waals surface area (Å²) in [5.74, 6) is 0. The van der Waals surface area contributed by atoms with Crippen LogP contribution < -0.4 is 0 Å². The molecule has 0 saturated heterocycles. The average molecular weight is 670 g/mol. The van der Waals surface area contributed by atoms with Gasteiger partial charge in [0.2, 0.25) is 0 Å². The normalized spacial score (nSPS) is 11.9. The molecule has 0 N–H and O–H groups in total. The van der Waals surface area contributed by atoms with E-state index in [1.807, 2.05) is 60.3 Å². The standard InChI is InChI=1S/C45H27N5S/c1-2-17-37-34(14-1)41-38(49(37)30-12-7-10-28(26-30)35-15-3-5-23-46-35)21-19-32-33-20-22-39-42(45(33)51-44(32)41)43-40(18-9-25-48-43)50(39)31-13-8-11-29(27-31)36-16-4-6-24-47-36/h1-27H. The molecule has 0 atom stereocenters. The Balaban J connectivity index is 1.19. The fourth-order valence-electron chi connectivity index (χ4n) is 7.89. The Morgan fingerprint density at radius 1 is 0.392 bits per heavy atom. The Morgan fingerprint density at radius 3 is 1.63 bits per heavy atom. The molecule has 0 amide bonds. The van der Waals surface area contributed by atoms with Gasteiger partial charge in [0, 0.05) is 77.4 Å². The van der Waals surface area contributed by atoms with Crippen molar-refractivity contribution in [3.8, 4) is 33.9 Å². The SMILES string of the molecule is c1ccc(-c2cccc(-n3c4ccccc4c4c5sc6c(ccc7c6c6ncccc6n7-c6cccc(-c7ccccn7)c6)c5ccc43)c2)nc1. The smallest absolute Gasteiger partial charge is 0.0977 e. The van der Waals surface area contributed by atoms with Crippen molar-refractivity contribution >= 4 is 75.3 Å². The van der Waals surface area contributed by atoms with E-state index in [4.69, 9.17) is 4.98 Å². The second-order valence-electron chi connectivity index (χ2n) is 12.9. The lowest BCUT2D eigenvalue weighted by molar-refractivity contribution is 1.17. The van der Waals surface area contributed by atoms with Gasteiger partial charge in [-0.25, -0.2) is 0 Å². The Labute approximate surface area is 296 Å². The first-order chi connectivity index (χ1) is 25.3. The number of pyridine rings is 3. The molecule has 0 aliphatic rings.